The molecule has 122 valence electrons. The van der Waals surface area contributed by atoms with Crippen molar-refractivity contribution in [3.05, 3.63) is 58.0 Å². The molecule has 0 bridgehead atoms. The van der Waals surface area contributed by atoms with Crippen molar-refractivity contribution < 1.29 is 18.7 Å². The van der Waals surface area contributed by atoms with Gasteiger partial charge >= 0.3 is 5.97 Å². The lowest BCUT2D eigenvalue weighted by Crippen LogP contribution is -2.21. The minimum absolute atomic E-state index is 0.0931. The molecular weight excluding hydrogens is 328 g/mol. The van der Waals surface area contributed by atoms with Crippen molar-refractivity contribution in [1.82, 2.24) is 0 Å². The second-order valence-corrected chi connectivity index (χ2v) is 6.33. The zero-order valence-electron chi connectivity index (χ0n) is 13.0. The van der Waals surface area contributed by atoms with Gasteiger partial charge in [0.15, 0.2) is 0 Å². The molecular formula is C17H14N2O4S. The summed E-state index contributed by atoms with van der Waals surface area (Å²) in [7, 11) is 1.28. The maximum Gasteiger partial charge on any atom is 0.340 e. The Hall–Kier alpha value is -2.93. The topological polar surface area (TPSA) is 92.4 Å². The molecule has 6 nitrogen and oxygen atoms in total. The van der Waals surface area contributed by atoms with Crippen LogP contribution < -0.4 is 10.9 Å². The van der Waals surface area contributed by atoms with E-state index in [1.165, 1.54) is 18.4 Å². The van der Waals surface area contributed by atoms with Gasteiger partial charge in [0.25, 0.3) is 5.91 Å². The number of hydrogen-bond acceptors (Lipinski definition) is 6. The number of esters is 1. The van der Waals surface area contributed by atoms with Gasteiger partial charge in [-0.2, -0.15) is 0 Å². The van der Waals surface area contributed by atoms with E-state index in [9.17, 15) is 9.59 Å². The van der Waals surface area contributed by atoms with Crippen LogP contribution in [0.15, 0.2) is 40.8 Å². The number of nitrogens with one attached hydrogen (secondary N) is 2. The highest BCUT2D eigenvalue weighted by molar-refractivity contribution is 7.16. The molecule has 24 heavy (non-hydrogen) atoms. The predicted molar refractivity (Wildman–Crippen MR) is 90.4 cm³/mol. The molecule has 0 aliphatic carbocycles. The second-order valence-electron chi connectivity index (χ2n) is 5.07. The van der Waals surface area contributed by atoms with Gasteiger partial charge in [0, 0.05) is 10.3 Å². The molecule has 2 aromatic heterocycles. The van der Waals surface area contributed by atoms with E-state index in [1.54, 1.807) is 30.3 Å². The molecule has 0 saturated heterocycles. The summed E-state index contributed by atoms with van der Waals surface area (Å²) in [5, 5.41) is 11.7. The average Bonchev–Trinajstić information content (AvgIpc) is 2.93. The summed E-state index contributed by atoms with van der Waals surface area (Å²) >= 11 is 1.27. The van der Waals surface area contributed by atoms with Crippen LogP contribution in [0.25, 0.3) is 11.0 Å². The summed E-state index contributed by atoms with van der Waals surface area (Å²) in [4.78, 5) is 25.2. The SMILES string of the molecule is COC(=O)c1cc(C)sc1NC(=O)c1cc2ccccc2oc1=N. The number of thiophene rings is 1. The first-order valence-corrected chi connectivity index (χ1v) is 7.89. The second kappa shape index (κ2) is 6.29. The fourth-order valence-corrected chi connectivity index (χ4v) is 3.18. The van der Waals surface area contributed by atoms with E-state index in [1.807, 2.05) is 13.0 Å². The molecule has 0 saturated carbocycles. The normalized spacial score (nSPS) is 10.6. The number of anilines is 1. The third-order valence-corrected chi connectivity index (χ3v) is 4.37. The van der Waals surface area contributed by atoms with E-state index in [4.69, 9.17) is 14.6 Å². The molecule has 7 heteroatoms. The third kappa shape index (κ3) is 2.93. The minimum Gasteiger partial charge on any atom is -0.465 e. The molecule has 0 aliphatic rings. The summed E-state index contributed by atoms with van der Waals surface area (Å²) in [6.07, 6.45) is 0. The first kappa shape index (κ1) is 15.9. The molecule has 0 aliphatic heterocycles. The van der Waals surface area contributed by atoms with Crippen LogP contribution in [0.2, 0.25) is 0 Å². The van der Waals surface area contributed by atoms with Crippen LogP contribution in [-0.4, -0.2) is 19.0 Å². The predicted octanol–water partition coefficient (Wildman–Crippen LogP) is 3.32. The van der Waals surface area contributed by atoms with Gasteiger partial charge in [-0.1, -0.05) is 18.2 Å². The monoisotopic (exact) mass is 342 g/mol. The van der Waals surface area contributed by atoms with E-state index in [-0.39, 0.29) is 16.7 Å². The van der Waals surface area contributed by atoms with Crippen molar-refractivity contribution in [1.29, 1.82) is 5.41 Å². The van der Waals surface area contributed by atoms with Crippen molar-refractivity contribution in [2.75, 3.05) is 12.4 Å². The number of para-hydroxylation sites is 1. The number of amides is 1. The number of carbonyl (C=O) groups is 2. The molecule has 1 aromatic carbocycles. The van der Waals surface area contributed by atoms with Gasteiger partial charge in [-0.15, -0.1) is 11.3 Å². The molecule has 1 amide bonds. The lowest BCUT2D eigenvalue weighted by atomic mass is 10.1. The zero-order chi connectivity index (χ0) is 17.3. The average molecular weight is 342 g/mol. The summed E-state index contributed by atoms with van der Waals surface area (Å²) in [6.45, 7) is 1.83. The molecule has 0 spiro atoms. The molecule has 2 heterocycles. The van der Waals surface area contributed by atoms with Crippen LogP contribution >= 0.6 is 11.3 Å². The molecule has 3 aromatic rings. The fourth-order valence-electron chi connectivity index (χ4n) is 2.29. The van der Waals surface area contributed by atoms with Crippen molar-refractivity contribution in [3.8, 4) is 0 Å². The van der Waals surface area contributed by atoms with Crippen LogP contribution in [-0.2, 0) is 4.74 Å². The van der Waals surface area contributed by atoms with E-state index in [2.05, 4.69) is 5.32 Å². The Kier molecular flexibility index (Phi) is 4.18. The standard InChI is InChI=1S/C17H14N2O4S/c1-9-7-12(17(21)22-2)16(24-9)19-15(20)11-8-10-5-3-4-6-13(10)23-14(11)18/h3-8,18H,1-2H3,(H,19,20). The molecule has 0 fully saturated rings. The van der Waals surface area contributed by atoms with Crippen molar-refractivity contribution in [3.63, 3.8) is 0 Å². The van der Waals surface area contributed by atoms with Gasteiger partial charge < -0.3 is 14.5 Å². The number of rotatable bonds is 3. The lowest BCUT2D eigenvalue weighted by Gasteiger charge is -2.06. The van der Waals surface area contributed by atoms with Gasteiger partial charge in [0.05, 0.1) is 12.7 Å². The van der Waals surface area contributed by atoms with Crippen LogP contribution in [0.5, 0.6) is 0 Å². The maximum absolute atomic E-state index is 12.5. The number of methoxy groups -OCH3 is 1. The summed E-state index contributed by atoms with van der Waals surface area (Å²) in [6, 6.07) is 10.4. The number of benzene rings is 1. The largest absolute Gasteiger partial charge is 0.465 e. The van der Waals surface area contributed by atoms with Gasteiger partial charge in [0.1, 0.15) is 16.1 Å². The number of carbonyl (C=O) groups excluding carboxylic acids is 2. The van der Waals surface area contributed by atoms with Crippen molar-refractivity contribution in [2.45, 2.75) is 6.92 Å². The van der Waals surface area contributed by atoms with E-state index >= 15 is 0 Å². The molecule has 0 atom stereocenters. The number of fused-ring (bicyclic) bond motifs is 1. The third-order valence-electron chi connectivity index (χ3n) is 3.41. The first-order chi connectivity index (χ1) is 11.5. The number of aryl methyl sites for hydroxylation is 1. The summed E-state index contributed by atoms with van der Waals surface area (Å²) in [5.74, 6) is -1.04. The maximum atomic E-state index is 12.5. The van der Waals surface area contributed by atoms with Gasteiger partial charge in [-0.05, 0) is 25.1 Å². The highest BCUT2D eigenvalue weighted by Crippen LogP contribution is 2.28. The Morgan fingerprint density at radius 3 is 2.71 bits per heavy atom. The molecule has 3 rings (SSSR count). The zero-order valence-corrected chi connectivity index (χ0v) is 13.8. The first-order valence-electron chi connectivity index (χ1n) is 7.07. The fraction of sp³-hybridized carbons (Fsp3) is 0.118. The number of hydrogen-bond donors (Lipinski definition) is 2. The number of ether oxygens (including phenoxy) is 1. The van der Waals surface area contributed by atoms with Gasteiger partial charge in [0.2, 0.25) is 5.55 Å². The molecule has 0 radical (unpaired) electrons. The lowest BCUT2D eigenvalue weighted by molar-refractivity contribution is 0.0602. The van der Waals surface area contributed by atoms with Crippen LogP contribution in [0, 0.1) is 12.3 Å². The van der Waals surface area contributed by atoms with E-state index in [0.29, 0.717) is 16.0 Å². The van der Waals surface area contributed by atoms with Crippen molar-refractivity contribution >= 4 is 39.2 Å². The van der Waals surface area contributed by atoms with Crippen molar-refractivity contribution in [2.24, 2.45) is 0 Å². The Bertz CT molecular complexity index is 1000. The molecule has 2 N–H and O–H groups in total. The van der Waals surface area contributed by atoms with E-state index < -0.39 is 11.9 Å². The van der Waals surface area contributed by atoms with Crippen LogP contribution in [0.4, 0.5) is 5.00 Å². The summed E-state index contributed by atoms with van der Waals surface area (Å²) in [5.41, 5.74) is 0.675. The quantitative estimate of drug-likeness (QED) is 0.714. The Balaban J connectivity index is 1.98. The Morgan fingerprint density at radius 1 is 1.21 bits per heavy atom. The van der Waals surface area contributed by atoms with Crippen LogP contribution in [0.1, 0.15) is 25.6 Å². The minimum atomic E-state index is -0.524. The Morgan fingerprint density at radius 2 is 1.96 bits per heavy atom. The summed E-state index contributed by atoms with van der Waals surface area (Å²) < 4.78 is 10.1. The highest BCUT2D eigenvalue weighted by Gasteiger charge is 2.19. The highest BCUT2D eigenvalue weighted by atomic mass is 32.1. The van der Waals surface area contributed by atoms with Gasteiger partial charge in [-0.25, -0.2) is 4.79 Å². The Labute approximate surface area is 141 Å². The van der Waals surface area contributed by atoms with E-state index in [0.717, 1.165) is 4.88 Å². The van der Waals surface area contributed by atoms with Crippen LogP contribution in [0.3, 0.4) is 0 Å². The molecule has 0 unspecified atom stereocenters. The van der Waals surface area contributed by atoms with Gasteiger partial charge in [-0.3, -0.25) is 10.2 Å². The smallest absolute Gasteiger partial charge is 0.340 e.